The van der Waals surface area contributed by atoms with Gasteiger partial charge in [-0.2, -0.15) is 0 Å². The van der Waals surface area contributed by atoms with E-state index in [1.807, 2.05) is 0 Å². The highest BCUT2D eigenvalue weighted by atomic mass is 16.2. The van der Waals surface area contributed by atoms with E-state index in [0.29, 0.717) is 13.0 Å². The van der Waals surface area contributed by atoms with Gasteiger partial charge in [0.1, 0.15) is 0 Å². The van der Waals surface area contributed by atoms with E-state index in [0.717, 1.165) is 0 Å². The van der Waals surface area contributed by atoms with Crippen molar-refractivity contribution in [2.75, 3.05) is 13.6 Å². The molecule has 0 saturated carbocycles. The first kappa shape index (κ1) is 14.4. The Labute approximate surface area is 94.1 Å². The Kier molecular flexibility index (Phi) is 6.86. The van der Waals surface area contributed by atoms with Crippen molar-refractivity contribution in [2.45, 2.75) is 25.8 Å². The van der Waals surface area contributed by atoms with Crippen LogP contribution < -0.4 is 21.7 Å². The summed E-state index contributed by atoms with van der Waals surface area (Å²) < 4.78 is 0. The topological polar surface area (TPSA) is 113 Å². The van der Waals surface area contributed by atoms with Crippen LogP contribution in [0.5, 0.6) is 0 Å². The number of carbonyl (C=O) groups excluding carboxylic acids is 3. The van der Waals surface area contributed by atoms with Crippen LogP contribution in [0.4, 0.5) is 4.79 Å². The van der Waals surface area contributed by atoms with Crippen LogP contribution in [0.3, 0.4) is 0 Å². The molecule has 1 unspecified atom stereocenters. The highest BCUT2D eigenvalue weighted by Crippen LogP contribution is 1.87. The van der Waals surface area contributed by atoms with Crippen molar-refractivity contribution >= 4 is 17.8 Å². The number of primary amides is 1. The summed E-state index contributed by atoms with van der Waals surface area (Å²) in [6, 6.07) is -1.04. The number of amides is 4. The van der Waals surface area contributed by atoms with Crippen molar-refractivity contribution in [3.8, 4) is 0 Å². The normalized spacial score (nSPS) is 11.6. The zero-order valence-electron chi connectivity index (χ0n) is 9.50. The largest absolute Gasteiger partial charge is 0.370 e. The van der Waals surface area contributed by atoms with Crippen LogP contribution in [0.15, 0.2) is 0 Å². The fourth-order valence-electron chi connectivity index (χ4n) is 0.957. The molecule has 5 N–H and O–H groups in total. The van der Waals surface area contributed by atoms with Gasteiger partial charge >= 0.3 is 6.03 Å². The van der Waals surface area contributed by atoms with Crippen LogP contribution in [0, 0.1) is 0 Å². The van der Waals surface area contributed by atoms with Crippen LogP contribution in [0.2, 0.25) is 0 Å². The standard InChI is InChI=1S/C9H18N4O3/c1-6(8(15)13-9(16)11-2)12-5-3-4-7(10)14/h6,12H,3-5H2,1-2H3,(H2,10,14)(H2,11,13,15,16). The molecule has 0 aliphatic carbocycles. The lowest BCUT2D eigenvalue weighted by Gasteiger charge is -2.12. The highest BCUT2D eigenvalue weighted by Gasteiger charge is 2.13. The summed E-state index contributed by atoms with van der Waals surface area (Å²) in [4.78, 5) is 32.6. The summed E-state index contributed by atoms with van der Waals surface area (Å²) >= 11 is 0. The fourth-order valence-corrected chi connectivity index (χ4v) is 0.957. The number of rotatable bonds is 6. The van der Waals surface area contributed by atoms with Crippen LogP contribution in [-0.2, 0) is 9.59 Å². The molecule has 7 heteroatoms. The van der Waals surface area contributed by atoms with Crippen LogP contribution in [0.25, 0.3) is 0 Å². The maximum atomic E-state index is 11.3. The van der Waals surface area contributed by atoms with Gasteiger partial charge in [-0.15, -0.1) is 0 Å². The molecule has 0 radical (unpaired) electrons. The predicted octanol–water partition coefficient (Wildman–Crippen LogP) is -1.31. The van der Waals surface area contributed by atoms with E-state index in [2.05, 4.69) is 16.0 Å². The smallest absolute Gasteiger partial charge is 0.321 e. The van der Waals surface area contributed by atoms with Gasteiger partial charge in [0.25, 0.3) is 0 Å². The summed E-state index contributed by atoms with van der Waals surface area (Å²) in [7, 11) is 1.42. The lowest BCUT2D eigenvalue weighted by molar-refractivity contribution is -0.121. The van der Waals surface area contributed by atoms with E-state index in [1.54, 1.807) is 6.92 Å². The van der Waals surface area contributed by atoms with Crippen LogP contribution in [-0.4, -0.2) is 37.5 Å². The Morgan fingerprint density at radius 1 is 1.31 bits per heavy atom. The molecule has 0 spiro atoms. The summed E-state index contributed by atoms with van der Waals surface area (Å²) in [6.07, 6.45) is 0.837. The SMILES string of the molecule is CNC(=O)NC(=O)C(C)NCCCC(N)=O. The second kappa shape index (κ2) is 7.63. The second-order valence-electron chi connectivity index (χ2n) is 3.31. The molecule has 0 heterocycles. The number of hydrogen-bond donors (Lipinski definition) is 4. The van der Waals surface area contributed by atoms with Gasteiger partial charge in [-0.05, 0) is 19.9 Å². The monoisotopic (exact) mass is 230 g/mol. The average molecular weight is 230 g/mol. The molecule has 0 aliphatic heterocycles. The van der Waals surface area contributed by atoms with E-state index in [-0.39, 0.29) is 12.3 Å². The quantitative estimate of drug-likeness (QED) is 0.424. The van der Waals surface area contributed by atoms with Gasteiger partial charge in [0.15, 0.2) is 0 Å². The first-order chi connectivity index (χ1) is 7.47. The summed E-state index contributed by atoms with van der Waals surface area (Å²) in [6.45, 7) is 2.12. The Hall–Kier alpha value is -1.63. The Balaban J connectivity index is 3.71. The molecule has 0 saturated heterocycles. The molecular formula is C9H18N4O3. The zero-order valence-corrected chi connectivity index (χ0v) is 9.50. The van der Waals surface area contributed by atoms with Crippen molar-refractivity contribution in [2.24, 2.45) is 5.73 Å². The van der Waals surface area contributed by atoms with E-state index in [9.17, 15) is 14.4 Å². The summed E-state index contributed by atoms with van der Waals surface area (Å²) in [5.74, 6) is -0.789. The minimum atomic E-state index is -0.546. The Morgan fingerprint density at radius 2 is 1.94 bits per heavy atom. The van der Waals surface area contributed by atoms with Crippen LogP contribution >= 0.6 is 0 Å². The lowest BCUT2D eigenvalue weighted by Crippen LogP contribution is -2.47. The molecule has 0 aromatic rings. The van der Waals surface area contributed by atoms with E-state index < -0.39 is 18.0 Å². The molecule has 0 aliphatic rings. The molecular weight excluding hydrogens is 212 g/mol. The van der Waals surface area contributed by atoms with Crippen molar-refractivity contribution in [1.82, 2.24) is 16.0 Å². The molecule has 92 valence electrons. The average Bonchev–Trinajstić information content (AvgIpc) is 2.23. The zero-order chi connectivity index (χ0) is 12.6. The minimum absolute atomic E-state index is 0.275. The number of nitrogens with one attached hydrogen (secondary N) is 3. The minimum Gasteiger partial charge on any atom is -0.370 e. The second-order valence-corrected chi connectivity index (χ2v) is 3.31. The molecule has 0 aromatic carbocycles. The molecule has 7 nitrogen and oxygen atoms in total. The third-order valence-corrected chi connectivity index (χ3v) is 1.91. The summed E-state index contributed by atoms with van der Waals surface area (Å²) in [5, 5.41) is 7.28. The van der Waals surface area contributed by atoms with Gasteiger partial charge in [-0.1, -0.05) is 0 Å². The van der Waals surface area contributed by atoms with Gasteiger partial charge in [-0.3, -0.25) is 14.9 Å². The van der Waals surface area contributed by atoms with Gasteiger partial charge < -0.3 is 16.4 Å². The lowest BCUT2D eigenvalue weighted by atomic mass is 10.2. The fraction of sp³-hybridized carbons (Fsp3) is 0.667. The molecule has 0 bridgehead atoms. The van der Waals surface area contributed by atoms with Gasteiger partial charge in [0, 0.05) is 13.5 Å². The number of nitrogens with two attached hydrogens (primary N) is 1. The van der Waals surface area contributed by atoms with Crippen molar-refractivity contribution in [1.29, 1.82) is 0 Å². The molecule has 0 aromatic heterocycles. The third kappa shape index (κ3) is 6.77. The van der Waals surface area contributed by atoms with Crippen LogP contribution in [0.1, 0.15) is 19.8 Å². The van der Waals surface area contributed by atoms with Crippen molar-refractivity contribution in [3.63, 3.8) is 0 Å². The molecule has 0 fully saturated rings. The first-order valence-electron chi connectivity index (χ1n) is 5.01. The van der Waals surface area contributed by atoms with E-state index >= 15 is 0 Å². The van der Waals surface area contributed by atoms with E-state index in [1.165, 1.54) is 7.05 Å². The Morgan fingerprint density at radius 3 is 2.44 bits per heavy atom. The van der Waals surface area contributed by atoms with Crippen molar-refractivity contribution in [3.05, 3.63) is 0 Å². The van der Waals surface area contributed by atoms with Gasteiger partial charge in [-0.25, -0.2) is 4.79 Å². The number of hydrogen-bond acceptors (Lipinski definition) is 4. The maximum absolute atomic E-state index is 11.3. The Bertz CT molecular complexity index is 267. The third-order valence-electron chi connectivity index (χ3n) is 1.91. The highest BCUT2D eigenvalue weighted by molar-refractivity contribution is 5.96. The molecule has 0 rings (SSSR count). The molecule has 16 heavy (non-hydrogen) atoms. The van der Waals surface area contributed by atoms with Gasteiger partial charge in [0.05, 0.1) is 6.04 Å². The number of urea groups is 1. The molecule has 1 atom stereocenters. The van der Waals surface area contributed by atoms with Crippen molar-refractivity contribution < 1.29 is 14.4 Å². The number of imide groups is 1. The first-order valence-corrected chi connectivity index (χ1v) is 5.01. The molecule has 4 amide bonds. The number of carbonyl (C=O) groups is 3. The maximum Gasteiger partial charge on any atom is 0.321 e. The summed E-state index contributed by atoms with van der Waals surface area (Å²) in [5.41, 5.74) is 4.95. The predicted molar refractivity (Wildman–Crippen MR) is 58.5 cm³/mol. The van der Waals surface area contributed by atoms with Gasteiger partial charge in [0.2, 0.25) is 11.8 Å². The van der Waals surface area contributed by atoms with E-state index in [4.69, 9.17) is 5.73 Å².